The van der Waals surface area contributed by atoms with Crippen LogP contribution in [0.5, 0.6) is 0 Å². The minimum absolute atomic E-state index is 0.759. The molecule has 0 radical (unpaired) electrons. The van der Waals surface area contributed by atoms with Crippen LogP contribution in [-0.2, 0) is 25.8 Å². The van der Waals surface area contributed by atoms with Gasteiger partial charge in [0.15, 0.2) is 5.65 Å². The second kappa shape index (κ2) is 7.79. The number of allylic oxidation sites excluding steroid dienone is 1. The molecule has 0 amide bonds. The van der Waals surface area contributed by atoms with Crippen molar-refractivity contribution in [1.29, 1.82) is 5.26 Å². The number of hydrogen-bond acceptors (Lipinski definition) is 4. The Hall–Kier alpha value is -3.23. The molecule has 0 spiro atoms. The van der Waals surface area contributed by atoms with E-state index in [2.05, 4.69) is 60.9 Å². The lowest BCUT2D eigenvalue weighted by atomic mass is 9.96. The Morgan fingerprint density at radius 3 is 2.77 bits per heavy atom. The third-order valence-electron chi connectivity index (χ3n) is 6.02. The first-order valence-corrected chi connectivity index (χ1v) is 11.5. The van der Waals surface area contributed by atoms with Crippen molar-refractivity contribution in [3.05, 3.63) is 86.0 Å². The zero-order chi connectivity index (χ0) is 21.5. The maximum atomic E-state index is 9.47. The number of hydrogen-bond donors (Lipinski definition) is 0. The molecule has 1 aromatic carbocycles. The van der Waals surface area contributed by atoms with Gasteiger partial charge in [0, 0.05) is 33.5 Å². The van der Waals surface area contributed by atoms with Crippen LogP contribution < -0.4 is 0 Å². The third-order valence-corrected chi connectivity index (χ3v) is 7.20. The number of thiophene rings is 1. The second-order valence-corrected chi connectivity index (χ2v) is 9.34. The largest absolute Gasteiger partial charge is 0.307 e. The fourth-order valence-corrected chi connectivity index (χ4v) is 5.80. The molecular formula is C26H24N4S. The smallest absolute Gasteiger partial charge is 0.160 e. The van der Waals surface area contributed by atoms with Crippen molar-refractivity contribution in [2.75, 3.05) is 0 Å². The number of aromatic nitrogens is 3. The minimum atomic E-state index is 0.759. The summed E-state index contributed by atoms with van der Waals surface area (Å²) in [6, 6.07) is 15.1. The highest BCUT2D eigenvalue weighted by atomic mass is 32.1. The molecule has 31 heavy (non-hydrogen) atoms. The second-order valence-electron chi connectivity index (χ2n) is 8.11. The SMILES string of the molecule is CCc1nc2c(C)cc(C)nc2n1Cc1cc2c(s1)CCc1ccccc1C2=CC#N. The highest BCUT2D eigenvalue weighted by molar-refractivity contribution is 7.12. The molecule has 0 aliphatic heterocycles. The highest BCUT2D eigenvalue weighted by Crippen LogP contribution is 2.38. The molecule has 3 heterocycles. The average molecular weight is 425 g/mol. The molecule has 5 heteroatoms. The quantitative estimate of drug-likeness (QED) is 0.392. The number of nitriles is 1. The van der Waals surface area contributed by atoms with Crippen LogP contribution in [0.1, 0.15) is 50.5 Å². The topological polar surface area (TPSA) is 54.5 Å². The van der Waals surface area contributed by atoms with Crippen LogP contribution in [0.2, 0.25) is 0 Å². The summed E-state index contributed by atoms with van der Waals surface area (Å²) in [7, 11) is 0. The molecule has 1 aliphatic rings. The summed E-state index contributed by atoms with van der Waals surface area (Å²) in [5.41, 5.74) is 8.91. The molecule has 0 saturated heterocycles. The molecule has 0 atom stereocenters. The van der Waals surface area contributed by atoms with Gasteiger partial charge in [0.2, 0.25) is 0 Å². The van der Waals surface area contributed by atoms with Crippen molar-refractivity contribution >= 4 is 28.1 Å². The van der Waals surface area contributed by atoms with E-state index in [0.29, 0.717) is 0 Å². The van der Waals surface area contributed by atoms with E-state index < -0.39 is 0 Å². The molecule has 0 N–H and O–H groups in total. The van der Waals surface area contributed by atoms with Gasteiger partial charge in [-0.3, -0.25) is 0 Å². The Morgan fingerprint density at radius 2 is 1.97 bits per heavy atom. The molecule has 4 nitrogen and oxygen atoms in total. The molecule has 5 rings (SSSR count). The van der Waals surface area contributed by atoms with Crippen molar-refractivity contribution in [3.8, 4) is 6.07 Å². The fraction of sp³-hybridized carbons (Fsp3) is 0.269. The van der Waals surface area contributed by atoms with E-state index in [4.69, 9.17) is 9.97 Å². The standard InChI is InChI=1S/C26H24N4S/c1-4-24-29-25-16(2)13-17(3)28-26(25)30(24)15-19-14-22-21(11-12-27)20-8-6-5-7-18(20)9-10-23(22)31-19/h5-8,11,13-14H,4,9-10,15H2,1-3H3. The van der Waals surface area contributed by atoms with Crippen molar-refractivity contribution in [2.24, 2.45) is 0 Å². The zero-order valence-corrected chi connectivity index (χ0v) is 18.9. The summed E-state index contributed by atoms with van der Waals surface area (Å²) in [5.74, 6) is 1.07. The molecule has 1 aliphatic carbocycles. The van der Waals surface area contributed by atoms with Crippen LogP contribution >= 0.6 is 11.3 Å². The maximum absolute atomic E-state index is 9.47. The number of benzene rings is 1. The molecule has 3 aromatic heterocycles. The number of aryl methyl sites for hydroxylation is 5. The number of pyridine rings is 1. The Kier molecular flexibility index (Phi) is 4.95. The van der Waals surface area contributed by atoms with Gasteiger partial charge in [0.1, 0.15) is 11.3 Å². The molecule has 0 saturated carbocycles. The molecular weight excluding hydrogens is 400 g/mol. The molecule has 0 fully saturated rings. The van der Waals surface area contributed by atoms with E-state index >= 15 is 0 Å². The van der Waals surface area contributed by atoms with E-state index in [-0.39, 0.29) is 0 Å². The van der Waals surface area contributed by atoms with Crippen molar-refractivity contribution in [3.63, 3.8) is 0 Å². The van der Waals surface area contributed by atoms with Gasteiger partial charge in [-0.1, -0.05) is 31.2 Å². The van der Waals surface area contributed by atoms with E-state index in [1.54, 1.807) is 6.08 Å². The summed E-state index contributed by atoms with van der Waals surface area (Å²) in [6.45, 7) is 7.06. The van der Waals surface area contributed by atoms with E-state index in [0.717, 1.165) is 54.1 Å². The average Bonchev–Trinajstić information content (AvgIpc) is 3.28. The van der Waals surface area contributed by atoms with E-state index in [1.807, 2.05) is 18.3 Å². The number of imidazole rings is 1. The first-order chi connectivity index (χ1) is 15.1. The summed E-state index contributed by atoms with van der Waals surface area (Å²) < 4.78 is 2.27. The van der Waals surface area contributed by atoms with Gasteiger partial charge in [-0.25, -0.2) is 9.97 Å². The predicted molar refractivity (Wildman–Crippen MR) is 126 cm³/mol. The van der Waals surface area contributed by atoms with Crippen LogP contribution in [0.3, 0.4) is 0 Å². The highest BCUT2D eigenvalue weighted by Gasteiger charge is 2.22. The number of nitrogens with zero attached hydrogens (tertiary/aromatic N) is 4. The van der Waals surface area contributed by atoms with Crippen molar-refractivity contribution < 1.29 is 0 Å². The van der Waals surface area contributed by atoms with Crippen molar-refractivity contribution in [1.82, 2.24) is 14.5 Å². The summed E-state index contributed by atoms with van der Waals surface area (Å²) in [6.07, 6.45) is 4.58. The van der Waals surface area contributed by atoms with Crippen LogP contribution in [0, 0.1) is 25.2 Å². The predicted octanol–water partition coefficient (Wildman–Crippen LogP) is 5.77. The lowest BCUT2D eigenvalue weighted by molar-refractivity contribution is 0.753. The van der Waals surface area contributed by atoms with Gasteiger partial charge in [-0.2, -0.15) is 5.26 Å². The van der Waals surface area contributed by atoms with Crippen LogP contribution in [0.25, 0.3) is 16.7 Å². The van der Waals surface area contributed by atoms with Gasteiger partial charge < -0.3 is 4.57 Å². The Morgan fingerprint density at radius 1 is 1.13 bits per heavy atom. The van der Waals surface area contributed by atoms with Crippen LogP contribution in [0.15, 0.2) is 42.5 Å². The molecule has 4 aromatic rings. The summed E-state index contributed by atoms with van der Waals surface area (Å²) >= 11 is 1.86. The first kappa shape index (κ1) is 19.7. The van der Waals surface area contributed by atoms with Crippen LogP contribution in [-0.4, -0.2) is 14.5 Å². The van der Waals surface area contributed by atoms with Crippen LogP contribution in [0.4, 0.5) is 0 Å². The lowest BCUT2D eigenvalue weighted by Crippen LogP contribution is -2.04. The van der Waals surface area contributed by atoms with Gasteiger partial charge in [-0.05, 0) is 61.1 Å². The maximum Gasteiger partial charge on any atom is 0.160 e. The van der Waals surface area contributed by atoms with Gasteiger partial charge in [-0.15, -0.1) is 11.3 Å². The molecule has 0 unspecified atom stereocenters. The fourth-order valence-electron chi connectivity index (χ4n) is 4.63. The van der Waals surface area contributed by atoms with Gasteiger partial charge in [0.05, 0.1) is 12.6 Å². The monoisotopic (exact) mass is 424 g/mol. The number of fused-ring (bicyclic) bond motifs is 3. The summed E-state index contributed by atoms with van der Waals surface area (Å²) in [4.78, 5) is 12.4. The normalized spacial score (nSPS) is 14.3. The summed E-state index contributed by atoms with van der Waals surface area (Å²) in [5, 5.41) is 9.47. The molecule has 0 bridgehead atoms. The Bertz CT molecular complexity index is 1380. The lowest BCUT2D eigenvalue weighted by Gasteiger charge is -2.09. The number of rotatable bonds is 3. The van der Waals surface area contributed by atoms with E-state index in [1.165, 1.54) is 32.0 Å². The minimum Gasteiger partial charge on any atom is -0.307 e. The Labute approximate surface area is 186 Å². The first-order valence-electron chi connectivity index (χ1n) is 10.7. The Balaban J connectivity index is 1.61. The molecule has 154 valence electrons. The zero-order valence-electron chi connectivity index (χ0n) is 18.1. The van der Waals surface area contributed by atoms with Gasteiger partial charge in [0.25, 0.3) is 0 Å². The van der Waals surface area contributed by atoms with E-state index in [9.17, 15) is 5.26 Å². The van der Waals surface area contributed by atoms with Crippen molar-refractivity contribution in [2.45, 2.75) is 46.6 Å². The third kappa shape index (κ3) is 3.37. The van der Waals surface area contributed by atoms with Gasteiger partial charge >= 0.3 is 0 Å².